The molecule has 1 saturated carbocycles. The lowest BCUT2D eigenvalue weighted by atomic mass is 9.87. The Labute approximate surface area is 248 Å². The maximum Gasteiger partial charge on any atom is 0.245 e. The summed E-state index contributed by atoms with van der Waals surface area (Å²) < 4.78 is 26.0. The lowest BCUT2D eigenvalue weighted by Crippen LogP contribution is -2.28. The van der Waals surface area contributed by atoms with Crippen LogP contribution in [0, 0.1) is 12.8 Å². The van der Waals surface area contributed by atoms with Crippen molar-refractivity contribution < 1.29 is 13.6 Å². The van der Waals surface area contributed by atoms with Crippen molar-refractivity contribution in [3.63, 3.8) is 0 Å². The van der Waals surface area contributed by atoms with E-state index in [4.69, 9.17) is 4.99 Å². The summed E-state index contributed by atoms with van der Waals surface area (Å²) in [5.41, 5.74) is 7.81. The molecule has 5 nitrogen and oxygen atoms in total. The highest BCUT2D eigenvalue weighted by molar-refractivity contribution is 7.11. The van der Waals surface area contributed by atoms with Gasteiger partial charge in [-0.25, -0.2) is 13.8 Å². The fraction of sp³-hybridized carbons (Fsp3) is 0.719. The standard InChI is InChI=1S/C21H36F2N2.C6H7NOS.C2H6.C2H4.CH5N/c1-17-10-14-25(15-11-19-7-5-4-6-8-19)16-12-20(17)24-18(2)9-13-21(3,22)23;1-5-7-4-6(9-5)2-3-8;3*1-2/h19H,4-16H2,1-3H3;3-4H,2H2,1H3;1-2H3;1-2H2;2H2,1H3. The molecule has 3 rings (SSSR count). The predicted octanol–water partition coefficient (Wildman–Crippen LogP) is 8.82. The first kappa shape index (κ1) is 40.4. The van der Waals surface area contributed by atoms with E-state index in [1.807, 2.05) is 27.7 Å². The third-order valence-electron chi connectivity index (χ3n) is 6.74. The van der Waals surface area contributed by atoms with Crippen molar-refractivity contribution in [2.45, 2.75) is 118 Å². The first-order valence-electron chi connectivity index (χ1n) is 14.9. The zero-order valence-corrected chi connectivity index (χ0v) is 27.4. The molecule has 2 N–H and O–H groups in total. The number of nitrogens with two attached hydrogens (primary N) is 1. The highest BCUT2D eigenvalue weighted by Crippen LogP contribution is 2.27. The number of aliphatic imine (C=N–C) groups is 1. The summed E-state index contributed by atoms with van der Waals surface area (Å²) >= 11 is 1.57. The average Bonchev–Trinajstić information content (AvgIpc) is 3.30. The summed E-state index contributed by atoms with van der Waals surface area (Å²) in [6.45, 7) is 20.3. The molecule has 0 bridgehead atoms. The van der Waals surface area contributed by atoms with Gasteiger partial charge < -0.3 is 15.4 Å². The molecule has 2 heterocycles. The summed E-state index contributed by atoms with van der Waals surface area (Å²) in [6.07, 6.45) is 13.9. The van der Waals surface area contributed by atoms with E-state index in [0.717, 1.165) is 66.4 Å². The summed E-state index contributed by atoms with van der Waals surface area (Å²) in [7, 11) is 1.50. The zero-order valence-electron chi connectivity index (χ0n) is 26.5. The number of rotatable bonds is 9. The summed E-state index contributed by atoms with van der Waals surface area (Å²) in [4.78, 5) is 22.3. The van der Waals surface area contributed by atoms with Gasteiger partial charge in [0.25, 0.3) is 0 Å². The van der Waals surface area contributed by atoms with Crippen LogP contribution < -0.4 is 5.73 Å². The molecule has 8 heteroatoms. The number of halogens is 2. The summed E-state index contributed by atoms with van der Waals surface area (Å²) in [5, 5.41) is 1.02. The fourth-order valence-corrected chi connectivity index (χ4v) is 5.29. The minimum atomic E-state index is -2.60. The highest BCUT2D eigenvalue weighted by Gasteiger charge is 2.21. The molecule has 1 aliphatic heterocycles. The quantitative estimate of drug-likeness (QED) is 0.179. The van der Waals surface area contributed by atoms with Crippen LogP contribution in [0.25, 0.3) is 0 Å². The number of hydrogen-bond acceptors (Lipinski definition) is 6. The van der Waals surface area contributed by atoms with Gasteiger partial charge in [0.15, 0.2) is 0 Å². The third kappa shape index (κ3) is 20.2. The molecule has 0 unspecified atom stereocenters. The Bertz CT molecular complexity index is 827. The van der Waals surface area contributed by atoms with Crippen LogP contribution in [0.15, 0.2) is 35.6 Å². The number of thiazole rings is 1. The summed E-state index contributed by atoms with van der Waals surface area (Å²) in [6, 6.07) is 0. The minimum absolute atomic E-state index is 0.109. The molecule has 0 atom stereocenters. The van der Waals surface area contributed by atoms with Gasteiger partial charge in [-0.1, -0.05) is 51.5 Å². The van der Waals surface area contributed by atoms with Crippen molar-refractivity contribution in [2.24, 2.45) is 16.6 Å². The van der Waals surface area contributed by atoms with E-state index in [1.54, 1.807) is 17.5 Å². The molecule has 0 saturated heterocycles. The van der Waals surface area contributed by atoms with Crippen molar-refractivity contribution in [1.82, 2.24) is 9.88 Å². The molecule has 2 aliphatic rings. The Morgan fingerprint density at radius 3 is 2.30 bits per heavy atom. The minimum Gasteiger partial charge on any atom is -0.333 e. The SMILES string of the molecule is C=C.CC.CC(CCC(C)(F)F)=NC1=C(C)CCN(CCC2CCCCC2)CC1.CN.Cc1ncc(CC=O)s1. The van der Waals surface area contributed by atoms with Crippen molar-refractivity contribution in [3.05, 3.63) is 40.5 Å². The number of aldehydes is 1. The molecule has 1 aromatic heterocycles. The third-order valence-corrected chi connectivity index (χ3v) is 7.68. The second kappa shape index (κ2) is 25.0. The second-order valence-electron chi connectivity index (χ2n) is 10.00. The van der Waals surface area contributed by atoms with Gasteiger partial charge in [-0.05, 0) is 66.5 Å². The van der Waals surface area contributed by atoms with E-state index in [9.17, 15) is 13.6 Å². The van der Waals surface area contributed by atoms with Crippen molar-refractivity contribution in [3.8, 4) is 0 Å². The molecule has 1 aliphatic carbocycles. The molecular formula is C32H58F2N4OS. The van der Waals surface area contributed by atoms with Gasteiger partial charge in [0.1, 0.15) is 6.29 Å². The van der Waals surface area contributed by atoms with Gasteiger partial charge in [-0.3, -0.25) is 4.99 Å². The molecule has 0 amide bonds. The number of alkyl halides is 2. The maximum absolute atomic E-state index is 13.0. The van der Waals surface area contributed by atoms with Gasteiger partial charge in [0, 0.05) is 54.8 Å². The molecule has 232 valence electrons. The molecular weight excluding hydrogens is 526 g/mol. The molecule has 0 spiro atoms. The zero-order chi connectivity index (χ0) is 31.0. The van der Waals surface area contributed by atoms with Crippen LogP contribution in [0.5, 0.6) is 0 Å². The number of carbonyl (C=O) groups is 1. The topological polar surface area (TPSA) is 71.6 Å². The highest BCUT2D eigenvalue weighted by atomic mass is 32.1. The molecule has 40 heavy (non-hydrogen) atoms. The predicted molar refractivity (Wildman–Crippen MR) is 172 cm³/mol. The van der Waals surface area contributed by atoms with E-state index in [1.165, 1.54) is 57.7 Å². The van der Waals surface area contributed by atoms with Crippen LogP contribution in [0.4, 0.5) is 8.78 Å². The van der Waals surface area contributed by atoms with Gasteiger partial charge in [0.2, 0.25) is 5.92 Å². The van der Waals surface area contributed by atoms with E-state index >= 15 is 0 Å². The first-order chi connectivity index (χ1) is 19.2. The van der Waals surface area contributed by atoms with Crippen molar-refractivity contribution in [2.75, 3.05) is 26.7 Å². The number of carbonyl (C=O) groups excluding carboxylic acids is 1. The van der Waals surface area contributed by atoms with Gasteiger partial charge in [-0.15, -0.1) is 24.5 Å². The molecule has 1 aromatic rings. The summed E-state index contributed by atoms with van der Waals surface area (Å²) in [5.74, 6) is -1.67. The largest absolute Gasteiger partial charge is 0.333 e. The lowest BCUT2D eigenvalue weighted by molar-refractivity contribution is -0.107. The number of hydrogen-bond donors (Lipinski definition) is 1. The normalized spacial score (nSPS) is 16.5. The fourth-order valence-electron chi connectivity index (χ4n) is 4.54. The smallest absolute Gasteiger partial charge is 0.245 e. The Morgan fingerprint density at radius 2 is 1.77 bits per heavy atom. The van der Waals surface area contributed by atoms with Crippen LogP contribution in [0.3, 0.4) is 0 Å². The number of aromatic nitrogens is 1. The van der Waals surface area contributed by atoms with E-state index in [2.05, 4.69) is 35.7 Å². The number of nitrogens with zero attached hydrogens (tertiary/aromatic N) is 3. The van der Waals surface area contributed by atoms with Gasteiger partial charge in [-0.2, -0.15) is 0 Å². The Balaban J connectivity index is 0. The molecule has 0 radical (unpaired) electrons. The molecule has 1 fully saturated rings. The number of aryl methyl sites for hydroxylation is 1. The maximum atomic E-state index is 13.0. The monoisotopic (exact) mass is 584 g/mol. The second-order valence-corrected chi connectivity index (χ2v) is 11.3. The average molecular weight is 585 g/mol. The van der Waals surface area contributed by atoms with Gasteiger partial charge >= 0.3 is 0 Å². The van der Waals surface area contributed by atoms with Crippen LogP contribution in [-0.2, 0) is 11.2 Å². The van der Waals surface area contributed by atoms with Crippen LogP contribution >= 0.6 is 11.3 Å². The van der Waals surface area contributed by atoms with Crippen molar-refractivity contribution in [1.29, 1.82) is 0 Å². The van der Waals surface area contributed by atoms with Crippen LogP contribution in [0.1, 0.15) is 109 Å². The Hall–Kier alpha value is -1.77. The lowest BCUT2D eigenvalue weighted by Gasteiger charge is -2.26. The van der Waals surface area contributed by atoms with Gasteiger partial charge in [0.05, 0.1) is 5.01 Å². The van der Waals surface area contributed by atoms with Crippen LogP contribution in [-0.4, -0.2) is 54.5 Å². The van der Waals surface area contributed by atoms with E-state index in [-0.39, 0.29) is 6.42 Å². The van der Waals surface area contributed by atoms with Crippen LogP contribution in [0.2, 0.25) is 0 Å². The van der Waals surface area contributed by atoms with E-state index in [0.29, 0.717) is 12.8 Å². The van der Waals surface area contributed by atoms with E-state index < -0.39 is 5.92 Å². The Kier molecular flexibility index (Phi) is 25.2. The molecule has 0 aromatic carbocycles. The first-order valence-corrected chi connectivity index (χ1v) is 15.7. The Morgan fingerprint density at radius 1 is 1.18 bits per heavy atom. The van der Waals surface area contributed by atoms with Crippen molar-refractivity contribution >= 4 is 23.3 Å².